The number of urea groups is 1. The van der Waals surface area contributed by atoms with E-state index in [9.17, 15) is 9.59 Å². The van der Waals surface area contributed by atoms with Crippen LogP contribution < -0.4 is 21.3 Å². The summed E-state index contributed by atoms with van der Waals surface area (Å²) in [6.45, 7) is 4.20. The van der Waals surface area contributed by atoms with Crippen molar-refractivity contribution in [2.24, 2.45) is 5.73 Å². The molecule has 8 heteroatoms. The molecule has 3 aliphatic heterocycles. The summed E-state index contributed by atoms with van der Waals surface area (Å²) in [6.07, 6.45) is 2.65. The highest BCUT2D eigenvalue weighted by molar-refractivity contribution is 8.00. The van der Waals surface area contributed by atoms with Crippen LogP contribution in [-0.2, 0) is 4.79 Å². The van der Waals surface area contributed by atoms with Gasteiger partial charge in [-0.1, -0.05) is 18.6 Å². The standard InChI is InChI=1S/C21H31N5O2S/c1-25-9-11-26(12-10-25)15-7-5-14(6-8-15)16(20(22)27)3-2-4-18-19-17(13-29-18)23-21(28)24-19/h5-8,16-19H,2-4,9-13H2,1H3,(H2,22,27)(H2,23,24,28)/t16?,17-,18-,19-/m0/s1. The molecule has 3 amide bonds. The largest absolute Gasteiger partial charge is 0.369 e. The molecule has 0 spiro atoms. The lowest BCUT2D eigenvalue weighted by atomic mass is 9.91. The predicted octanol–water partition coefficient (Wildman–Crippen LogP) is 1.34. The van der Waals surface area contributed by atoms with E-state index in [0.717, 1.165) is 56.8 Å². The molecule has 0 radical (unpaired) electrons. The molecule has 3 aliphatic rings. The number of likely N-dealkylation sites (N-methyl/N-ethyl adjacent to an activating group) is 1. The Kier molecular flexibility index (Phi) is 6.20. The van der Waals surface area contributed by atoms with E-state index in [0.29, 0.717) is 5.25 Å². The Morgan fingerprint density at radius 1 is 1.21 bits per heavy atom. The molecule has 3 heterocycles. The van der Waals surface area contributed by atoms with Gasteiger partial charge in [-0.25, -0.2) is 4.79 Å². The van der Waals surface area contributed by atoms with Gasteiger partial charge in [0.15, 0.2) is 0 Å². The van der Waals surface area contributed by atoms with Crippen LogP contribution in [-0.4, -0.2) is 73.2 Å². The van der Waals surface area contributed by atoms with Gasteiger partial charge < -0.3 is 26.2 Å². The molecule has 4 rings (SSSR count). The fourth-order valence-electron chi connectivity index (χ4n) is 4.62. The average Bonchev–Trinajstić information content (AvgIpc) is 3.25. The fraction of sp³-hybridized carbons (Fsp3) is 0.619. The molecule has 1 unspecified atom stereocenters. The van der Waals surface area contributed by atoms with E-state index in [1.54, 1.807) is 0 Å². The molecule has 4 atom stereocenters. The number of fused-ring (bicyclic) bond motifs is 1. The molecule has 0 aromatic heterocycles. The zero-order chi connectivity index (χ0) is 20.4. The predicted molar refractivity (Wildman–Crippen MR) is 117 cm³/mol. The van der Waals surface area contributed by atoms with Crippen LogP contribution in [0.3, 0.4) is 0 Å². The first kappa shape index (κ1) is 20.3. The molecule has 1 aromatic carbocycles. The summed E-state index contributed by atoms with van der Waals surface area (Å²) in [7, 11) is 2.15. The Morgan fingerprint density at radius 3 is 2.62 bits per heavy atom. The Bertz CT molecular complexity index is 735. The van der Waals surface area contributed by atoms with Crippen LogP contribution in [0, 0.1) is 0 Å². The molecule has 4 N–H and O–H groups in total. The van der Waals surface area contributed by atoms with Crippen molar-refractivity contribution in [1.29, 1.82) is 0 Å². The highest BCUT2D eigenvalue weighted by atomic mass is 32.2. The van der Waals surface area contributed by atoms with Gasteiger partial charge in [0, 0.05) is 42.9 Å². The number of benzene rings is 1. The number of nitrogens with zero attached hydrogens (tertiary/aromatic N) is 2. The van der Waals surface area contributed by atoms with Crippen molar-refractivity contribution in [2.45, 2.75) is 42.5 Å². The van der Waals surface area contributed by atoms with Gasteiger partial charge in [0.25, 0.3) is 0 Å². The second kappa shape index (κ2) is 8.83. The smallest absolute Gasteiger partial charge is 0.315 e. The third-order valence-electron chi connectivity index (χ3n) is 6.43. The lowest BCUT2D eigenvalue weighted by molar-refractivity contribution is -0.119. The van der Waals surface area contributed by atoms with E-state index >= 15 is 0 Å². The number of thioether (sulfide) groups is 1. The number of carbonyl (C=O) groups is 2. The summed E-state index contributed by atoms with van der Waals surface area (Å²) in [6, 6.07) is 8.76. The maximum absolute atomic E-state index is 12.1. The third kappa shape index (κ3) is 4.64. The molecular weight excluding hydrogens is 386 g/mol. The molecular formula is C21H31N5O2S. The monoisotopic (exact) mass is 417 g/mol. The fourth-order valence-corrected chi connectivity index (χ4v) is 6.17. The van der Waals surface area contributed by atoms with Crippen molar-refractivity contribution in [2.75, 3.05) is 43.9 Å². The number of nitrogens with two attached hydrogens (primary N) is 1. The van der Waals surface area contributed by atoms with Gasteiger partial charge in [-0.15, -0.1) is 0 Å². The van der Waals surface area contributed by atoms with E-state index in [2.05, 4.69) is 51.7 Å². The Labute approximate surface area is 176 Å². The molecule has 3 saturated heterocycles. The van der Waals surface area contributed by atoms with Gasteiger partial charge in [-0.2, -0.15) is 11.8 Å². The van der Waals surface area contributed by atoms with E-state index in [1.807, 2.05) is 11.8 Å². The van der Waals surface area contributed by atoms with Gasteiger partial charge in [0.1, 0.15) is 0 Å². The van der Waals surface area contributed by atoms with Crippen LogP contribution >= 0.6 is 11.8 Å². The summed E-state index contributed by atoms with van der Waals surface area (Å²) in [5.74, 6) is 0.446. The number of primary amides is 1. The van der Waals surface area contributed by atoms with Crippen molar-refractivity contribution >= 4 is 29.4 Å². The van der Waals surface area contributed by atoms with Crippen LogP contribution in [0.15, 0.2) is 24.3 Å². The summed E-state index contributed by atoms with van der Waals surface area (Å²) in [5, 5.41) is 6.41. The van der Waals surface area contributed by atoms with Crippen LogP contribution in [0.4, 0.5) is 10.5 Å². The minimum Gasteiger partial charge on any atom is -0.369 e. The minimum atomic E-state index is -0.259. The first-order valence-electron chi connectivity index (χ1n) is 10.5. The Hall–Kier alpha value is -1.93. The van der Waals surface area contributed by atoms with Crippen molar-refractivity contribution in [3.63, 3.8) is 0 Å². The van der Waals surface area contributed by atoms with Crippen molar-refractivity contribution in [3.05, 3.63) is 29.8 Å². The maximum atomic E-state index is 12.1. The molecule has 0 saturated carbocycles. The Morgan fingerprint density at radius 2 is 1.93 bits per heavy atom. The SMILES string of the molecule is CN1CCN(c2ccc(C(CCC[C@@H]3SC[C@@H]4NC(=O)N[C@@H]43)C(N)=O)cc2)CC1. The molecule has 0 bridgehead atoms. The van der Waals surface area contributed by atoms with E-state index in [1.165, 1.54) is 5.69 Å². The topological polar surface area (TPSA) is 90.7 Å². The first-order chi connectivity index (χ1) is 14.0. The van der Waals surface area contributed by atoms with Crippen LogP contribution in [0.2, 0.25) is 0 Å². The number of nitrogens with one attached hydrogen (secondary N) is 2. The van der Waals surface area contributed by atoms with E-state index < -0.39 is 0 Å². The molecule has 158 valence electrons. The number of hydrogen-bond donors (Lipinski definition) is 3. The molecule has 3 fully saturated rings. The average molecular weight is 418 g/mol. The number of rotatable bonds is 7. The van der Waals surface area contributed by atoms with Crippen LogP contribution in [0.5, 0.6) is 0 Å². The highest BCUT2D eigenvalue weighted by Gasteiger charge is 2.42. The van der Waals surface area contributed by atoms with E-state index in [4.69, 9.17) is 5.73 Å². The zero-order valence-corrected chi connectivity index (χ0v) is 17.8. The highest BCUT2D eigenvalue weighted by Crippen LogP contribution is 2.34. The summed E-state index contributed by atoms with van der Waals surface area (Å²) < 4.78 is 0. The Balaban J connectivity index is 1.32. The third-order valence-corrected chi connectivity index (χ3v) is 7.94. The normalized spacial score (nSPS) is 28.0. The number of carbonyl (C=O) groups excluding carboxylic acids is 2. The van der Waals surface area contributed by atoms with Crippen molar-refractivity contribution in [3.8, 4) is 0 Å². The zero-order valence-electron chi connectivity index (χ0n) is 17.0. The summed E-state index contributed by atoms with van der Waals surface area (Å²) in [5.41, 5.74) is 7.95. The lowest BCUT2D eigenvalue weighted by Gasteiger charge is -2.34. The van der Waals surface area contributed by atoms with Crippen LogP contribution in [0.1, 0.15) is 30.7 Å². The number of hydrogen-bond acceptors (Lipinski definition) is 5. The number of piperazine rings is 1. The van der Waals surface area contributed by atoms with Crippen LogP contribution in [0.25, 0.3) is 0 Å². The molecule has 0 aliphatic carbocycles. The molecule has 1 aromatic rings. The van der Waals surface area contributed by atoms with Gasteiger partial charge in [-0.05, 0) is 37.6 Å². The van der Waals surface area contributed by atoms with Crippen molar-refractivity contribution < 1.29 is 9.59 Å². The van der Waals surface area contributed by atoms with E-state index in [-0.39, 0.29) is 29.9 Å². The molecule has 29 heavy (non-hydrogen) atoms. The summed E-state index contributed by atoms with van der Waals surface area (Å²) >= 11 is 1.91. The van der Waals surface area contributed by atoms with Gasteiger partial charge in [0.2, 0.25) is 5.91 Å². The quantitative estimate of drug-likeness (QED) is 0.583. The number of anilines is 1. The second-order valence-corrected chi connectivity index (χ2v) is 9.66. The minimum absolute atomic E-state index is 0.0549. The van der Waals surface area contributed by atoms with Gasteiger partial charge in [0.05, 0.1) is 18.0 Å². The second-order valence-electron chi connectivity index (χ2n) is 8.39. The van der Waals surface area contributed by atoms with Crippen molar-refractivity contribution in [1.82, 2.24) is 15.5 Å². The van der Waals surface area contributed by atoms with Gasteiger partial charge >= 0.3 is 6.03 Å². The summed E-state index contributed by atoms with van der Waals surface area (Å²) in [4.78, 5) is 28.4. The molecule has 7 nitrogen and oxygen atoms in total. The first-order valence-corrected chi connectivity index (χ1v) is 11.6. The lowest BCUT2D eigenvalue weighted by Crippen LogP contribution is -2.44. The number of amides is 3. The maximum Gasteiger partial charge on any atom is 0.315 e. The van der Waals surface area contributed by atoms with Gasteiger partial charge in [-0.3, -0.25) is 4.79 Å².